The van der Waals surface area contributed by atoms with Gasteiger partial charge < -0.3 is 94.7 Å². The van der Waals surface area contributed by atoms with Crippen molar-refractivity contribution in [2.24, 2.45) is 88.3 Å². The van der Waals surface area contributed by atoms with E-state index < -0.39 is 24.8 Å². The fourth-order valence-electron chi connectivity index (χ4n) is 24.6. The minimum Gasteiger partial charge on any atom is -0.469 e. The predicted molar refractivity (Wildman–Crippen MR) is 491 cm³/mol. The second kappa shape index (κ2) is 45.5. The summed E-state index contributed by atoms with van der Waals surface area (Å²) in [6, 6.07) is 12.8. The van der Waals surface area contributed by atoms with Crippen molar-refractivity contribution in [3.8, 4) is 0 Å². The highest BCUT2D eigenvalue weighted by Crippen LogP contribution is 2.61. The first kappa shape index (κ1) is 102. The molecule has 2 aromatic rings. The van der Waals surface area contributed by atoms with E-state index in [0.717, 1.165) is 119 Å². The highest BCUT2D eigenvalue weighted by atomic mass is 16.7. The molecule has 15 rings (SSSR count). The van der Waals surface area contributed by atoms with Gasteiger partial charge in [-0.1, -0.05) is 119 Å². The van der Waals surface area contributed by atoms with Crippen LogP contribution in [-0.2, 0) is 118 Å². The van der Waals surface area contributed by atoms with Crippen LogP contribution >= 0.6 is 0 Å². The van der Waals surface area contributed by atoms with E-state index in [9.17, 15) is 24.0 Å². The molecular weight excluding hydrogens is 1660 g/mol. The van der Waals surface area contributed by atoms with E-state index in [2.05, 4.69) is 149 Å². The summed E-state index contributed by atoms with van der Waals surface area (Å²) in [7, 11) is 18.3. The topological polar surface area (TPSA) is 262 Å². The Balaban J connectivity index is 0.000000177. The molecule has 7 heterocycles. The number of benzene rings is 1. The second-order valence-corrected chi connectivity index (χ2v) is 41.2. The molecule has 0 N–H and O–H groups in total. The van der Waals surface area contributed by atoms with Gasteiger partial charge in [-0.2, -0.15) is 0 Å². The van der Waals surface area contributed by atoms with Gasteiger partial charge in [-0.15, -0.1) is 0 Å². The van der Waals surface area contributed by atoms with Crippen LogP contribution in [0.2, 0.25) is 0 Å². The molecule has 36 atom stereocenters. The number of ether oxygens (including phenoxy) is 17. The van der Waals surface area contributed by atoms with Crippen molar-refractivity contribution in [3.05, 3.63) is 118 Å². The lowest BCUT2D eigenvalue weighted by molar-refractivity contribution is -0.314. The maximum atomic E-state index is 14.7. The zero-order valence-electron chi connectivity index (χ0n) is 82.2. The summed E-state index contributed by atoms with van der Waals surface area (Å²) >= 11 is 0. The molecule has 1 aromatic heterocycles. The molecule has 130 heavy (non-hydrogen) atoms. The number of ketones is 2. The Hall–Kier alpha value is -5.69. The molecule has 9 fully saturated rings. The van der Waals surface area contributed by atoms with E-state index in [0.29, 0.717) is 36.8 Å². The zero-order valence-corrected chi connectivity index (χ0v) is 82.2. The maximum Gasteiger partial charge on any atom is 0.310 e. The summed E-state index contributed by atoms with van der Waals surface area (Å²) in [5.41, 5.74) is 6.17. The molecule has 1 aromatic carbocycles. The molecule has 0 radical (unpaired) electrons. The van der Waals surface area contributed by atoms with Crippen molar-refractivity contribution in [2.45, 2.75) is 354 Å². The lowest BCUT2D eigenvalue weighted by Crippen LogP contribution is -2.59. The number of esters is 3. The molecule has 25 nitrogen and oxygen atoms in total. The quantitative estimate of drug-likeness (QED) is 0.0537. The minimum atomic E-state index is -0.598. The number of carbonyl (C=O) groups is 5. The van der Waals surface area contributed by atoms with Crippen molar-refractivity contribution in [2.75, 3.05) is 70.8 Å². The van der Waals surface area contributed by atoms with Gasteiger partial charge in [0.2, 0.25) is 0 Å². The molecule has 6 aliphatic heterocycles. The summed E-state index contributed by atoms with van der Waals surface area (Å²) in [6.45, 7) is 27.2. The number of furan rings is 1. The molecule has 0 bridgehead atoms. The number of carbonyl (C=O) groups excluding carboxylic acids is 5. The highest BCUT2D eigenvalue weighted by molar-refractivity contribution is 6.00. The second-order valence-electron chi connectivity index (χ2n) is 41.2. The van der Waals surface area contributed by atoms with Gasteiger partial charge in [0.25, 0.3) is 0 Å². The third-order valence-corrected chi connectivity index (χ3v) is 31.9. The van der Waals surface area contributed by atoms with Gasteiger partial charge in [0, 0.05) is 90.4 Å². The van der Waals surface area contributed by atoms with Gasteiger partial charge in [-0.25, -0.2) is 0 Å². The summed E-state index contributed by atoms with van der Waals surface area (Å²) in [5.74, 6) is 1.03. The standard InChI is InChI=1S/C42H67NO10.C41H65NO10.C22H26O3/c1-11-26-13-12-14-35(53-37-16-15-34(43(6)7)24(4)49-37)23(3)38(45)33-20-31-29(32(33)21-36(44)51-26)17-22(2)28-18-27(19-30(28)31)52-42-41(48-10)40(47-9)39(46-8)25(5)50-42;1-10-26-12-11-13-34(52-36-17-16-33(42(5)6)23(3)48-36)22(2)37(44)32-20-30-28(31(32)21-35(43)50-26)15-14-25-18-27(19-29(25)30)51-41-40(47-9)39(46-8)38(45-7)24(4)49-41;1-15(2)10-19-20(22(19,3)4)21(23)25-14-17-12-18(24-13-17)11-16-8-6-5-7-9-16/h17,20,23-32,34-35,37,39-42H,11-16,18-19,21H2,1-10H3;14-15,20,22-31,33-34,36,38-41H,10-13,16-19,21H2,1-9H3;5-10,12-13,19-20H,11,14H2,1-4H3/t23-,24-,25+,26+,27-,28+,29-,30-,31-,32+,34+,35+,37+,39+,40-,41-,42+;22-,23-,24+,25-,26+,27-,28-,29-,30-,31+,33+,34+,36+,38+,39-,40-,41+;19-,20+/m111/s1. The third-order valence-electron chi connectivity index (χ3n) is 31.9. The van der Waals surface area contributed by atoms with Crippen LogP contribution in [0.3, 0.4) is 0 Å². The van der Waals surface area contributed by atoms with Crippen molar-refractivity contribution in [1.82, 2.24) is 9.80 Å². The van der Waals surface area contributed by atoms with E-state index in [4.69, 9.17) is 84.9 Å². The van der Waals surface area contributed by atoms with Gasteiger partial charge in [-0.3, -0.25) is 24.0 Å². The average molecular weight is 1820 g/mol. The fourth-order valence-corrected chi connectivity index (χ4v) is 24.6. The molecule has 25 heteroatoms. The lowest BCUT2D eigenvalue weighted by Gasteiger charge is -2.44. The Bertz CT molecular complexity index is 4210. The van der Waals surface area contributed by atoms with Gasteiger partial charge in [0.1, 0.15) is 61.2 Å². The first-order valence-electron chi connectivity index (χ1n) is 49.2. The summed E-state index contributed by atoms with van der Waals surface area (Å²) in [6.07, 6.45) is 24.0. The summed E-state index contributed by atoms with van der Waals surface area (Å²) < 4.78 is 110. The van der Waals surface area contributed by atoms with Crippen molar-refractivity contribution < 1.29 is 109 Å². The van der Waals surface area contributed by atoms with Crippen LogP contribution in [0.15, 0.2) is 106 Å². The summed E-state index contributed by atoms with van der Waals surface area (Å²) in [4.78, 5) is 73.3. The number of fused-ring (bicyclic) bond motifs is 10. The van der Waals surface area contributed by atoms with Crippen LogP contribution in [0.25, 0.3) is 0 Å². The molecule has 13 aliphatic rings. The Morgan fingerprint density at radius 3 is 1.48 bits per heavy atom. The number of hydrogen-bond acceptors (Lipinski definition) is 25. The van der Waals surface area contributed by atoms with Crippen molar-refractivity contribution in [3.63, 3.8) is 0 Å². The molecule has 0 spiro atoms. The number of allylic oxidation sites excluding steroid dienone is 10. The normalized spacial score (nSPS) is 40.8. The zero-order chi connectivity index (χ0) is 93.4. The molecule has 0 unspecified atom stereocenters. The van der Waals surface area contributed by atoms with Crippen LogP contribution in [-0.4, -0.2) is 245 Å². The van der Waals surface area contributed by atoms with Gasteiger partial charge in [0.15, 0.2) is 36.7 Å². The number of nitrogens with zero attached hydrogens (tertiary/aromatic N) is 2. The van der Waals surface area contributed by atoms with Crippen molar-refractivity contribution in [1.29, 1.82) is 0 Å². The van der Waals surface area contributed by atoms with Gasteiger partial charge in [0.05, 0.1) is 73.9 Å². The Labute approximate surface area is 775 Å². The van der Waals surface area contributed by atoms with E-state index in [1.54, 1.807) is 48.9 Å². The minimum absolute atomic E-state index is 0.0107. The molecule has 7 aliphatic carbocycles. The van der Waals surface area contributed by atoms with Crippen molar-refractivity contribution >= 4 is 29.5 Å². The molecule has 0 amide bonds. The average Bonchev–Trinajstić information content (AvgIpc) is 1.57. The highest BCUT2D eigenvalue weighted by Gasteiger charge is 2.62. The largest absolute Gasteiger partial charge is 0.469 e. The van der Waals surface area contributed by atoms with Crippen LogP contribution in [0.4, 0.5) is 0 Å². The molecule has 6 saturated heterocycles. The van der Waals surface area contributed by atoms with E-state index >= 15 is 0 Å². The SMILES string of the molecule is CC(C)=C[C@@H]1[C@@H](C(=O)OCc2coc(Cc3ccccc3)c2)C1(C)C.CC[C@H]1CCC[C@H](O[C@H]2CC[C@H](N(C)C)[C@@H](C)O2)[C@@H](C)C(=O)C2=C[C@@H]3[C@@H](C=C(C)[C@@H]4C[C@@H](O[C@@H]5O[C@@H](C)[C@H](OC)[C@@H](OC)[C@H]5OC)C[C@@H]34)[C@@H]2CC(=O)O1.CC[C@H]1CCC[C@H](O[C@H]2CC[C@H](N(C)C)[C@@H](C)O2)[C@@H](C)C(=O)C2=C[C@@H]3[C@@H](C=C[C@@H]4C[C@@H](O[C@@H]5O[C@@H](C)[C@H](OC)[C@@H](OC)[C@H]5OC)C[C@@H]34)[C@@H]2CC(=O)O1. The third kappa shape index (κ3) is 23.4. The lowest BCUT2D eigenvalue weighted by atomic mass is 9.67. The first-order valence-corrected chi connectivity index (χ1v) is 49.2. The van der Waals surface area contributed by atoms with Crippen LogP contribution in [0.1, 0.15) is 222 Å². The Morgan fingerprint density at radius 1 is 0.515 bits per heavy atom. The first-order chi connectivity index (χ1) is 62.2. The molecule has 3 saturated carbocycles. The van der Waals surface area contributed by atoms with Crippen LogP contribution < -0.4 is 0 Å². The Kier molecular flexibility index (Phi) is 35.6. The number of hydrogen-bond donors (Lipinski definition) is 0. The monoisotopic (exact) mass is 1820 g/mol. The number of likely N-dealkylation sites (N-methyl/N-ethyl adjacent to an activating group) is 2. The predicted octanol–water partition coefficient (Wildman–Crippen LogP) is 16.5. The Morgan fingerprint density at radius 2 is 1.00 bits per heavy atom. The van der Waals surface area contributed by atoms with Gasteiger partial charge >= 0.3 is 17.9 Å². The maximum absolute atomic E-state index is 14.7. The molecule has 726 valence electrons. The number of methoxy groups -OCH3 is 6. The number of rotatable bonds is 24. The number of cyclic esters (lactones) is 2. The fraction of sp³-hybridized carbons (Fsp3) is 0.762. The van der Waals surface area contributed by atoms with E-state index in [1.165, 1.54) is 16.7 Å². The smallest absolute Gasteiger partial charge is 0.310 e. The van der Waals surface area contributed by atoms with Crippen LogP contribution in [0, 0.1) is 88.3 Å². The van der Waals surface area contributed by atoms with E-state index in [1.807, 2.05) is 52.0 Å². The van der Waals surface area contributed by atoms with Crippen LogP contribution in [0.5, 0.6) is 0 Å². The number of Topliss-reactive ketones (excluding diaryl/α,β-unsaturated/α-hetero) is 2. The molecular formula is C105H158N2O23. The van der Waals surface area contributed by atoms with Gasteiger partial charge in [-0.05, 0) is 261 Å². The summed E-state index contributed by atoms with van der Waals surface area (Å²) in [5, 5.41) is 0. The van der Waals surface area contributed by atoms with E-state index in [-0.39, 0.29) is 223 Å².